The molecule has 8 nitrogen and oxygen atoms in total. The number of aliphatic hydroxyl groups excluding tert-OH is 1. The molecule has 0 saturated carbocycles. The predicted molar refractivity (Wildman–Crippen MR) is 162 cm³/mol. The Morgan fingerprint density at radius 3 is 2.14 bits per heavy atom. The molecule has 43 heavy (non-hydrogen) atoms. The van der Waals surface area contributed by atoms with Gasteiger partial charge < -0.3 is 29.0 Å². The lowest BCUT2D eigenvalue weighted by Gasteiger charge is -2.26. The van der Waals surface area contributed by atoms with Gasteiger partial charge in [0.2, 0.25) is 0 Å². The number of likely N-dealkylation sites (tertiary alicyclic amines) is 1. The summed E-state index contributed by atoms with van der Waals surface area (Å²) in [5.74, 6) is 0.360. The molecule has 0 bridgehead atoms. The minimum absolute atomic E-state index is 0.0236. The van der Waals surface area contributed by atoms with E-state index < -0.39 is 17.7 Å². The summed E-state index contributed by atoms with van der Waals surface area (Å²) in [7, 11) is 4.59. The summed E-state index contributed by atoms with van der Waals surface area (Å²) in [5, 5.41) is 11.6. The molecule has 1 fully saturated rings. The van der Waals surface area contributed by atoms with Crippen molar-refractivity contribution < 1.29 is 33.6 Å². The molecule has 4 aromatic carbocycles. The lowest BCUT2D eigenvalue weighted by Crippen LogP contribution is -2.29. The highest BCUT2D eigenvalue weighted by Gasteiger charge is 2.46. The van der Waals surface area contributed by atoms with Crippen LogP contribution < -0.4 is 18.9 Å². The van der Waals surface area contributed by atoms with Crippen LogP contribution in [0.5, 0.6) is 23.0 Å². The number of nitrogens with zero attached hydrogens (tertiary/aromatic N) is 1. The summed E-state index contributed by atoms with van der Waals surface area (Å²) in [4.78, 5) is 28.6. The second kappa shape index (κ2) is 12.7. The van der Waals surface area contributed by atoms with E-state index in [4.69, 9.17) is 18.9 Å². The van der Waals surface area contributed by atoms with Crippen molar-refractivity contribution in [2.45, 2.75) is 26.1 Å². The number of aliphatic hydroxyl groups is 1. The van der Waals surface area contributed by atoms with Crippen molar-refractivity contribution in [1.82, 2.24) is 4.90 Å². The van der Waals surface area contributed by atoms with E-state index in [0.717, 1.165) is 11.1 Å². The number of Topliss-reactive ketones (excluding diaryl/α,β-unsaturated/α-hetero) is 1. The SMILES string of the molecule is COc1ccccc1CN1C(=O)C(=O)/C(=C(\O)c2ccc(OCc3ccccc3)c(C)c2)C1c1ccc(OC)c(OC)c1. The fourth-order valence-electron chi connectivity index (χ4n) is 5.28. The van der Waals surface area contributed by atoms with Gasteiger partial charge in [-0.2, -0.15) is 0 Å². The average Bonchev–Trinajstić information content (AvgIpc) is 3.29. The second-order valence-corrected chi connectivity index (χ2v) is 10.1. The second-order valence-electron chi connectivity index (χ2n) is 10.1. The van der Waals surface area contributed by atoms with Crippen LogP contribution in [0, 0.1) is 6.92 Å². The fourth-order valence-corrected chi connectivity index (χ4v) is 5.28. The van der Waals surface area contributed by atoms with E-state index in [1.165, 1.54) is 19.1 Å². The number of ketones is 1. The van der Waals surface area contributed by atoms with Crippen molar-refractivity contribution >= 4 is 17.4 Å². The zero-order valence-corrected chi connectivity index (χ0v) is 24.5. The van der Waals surface area contributed by atoms with Gasteiger partial charge in [-0.05, 0) is 60.0 Å². The Kier molecular flexibility index (Phi) is 8.66. The molecule has 0 aromatic heterocycles. The molecular weight excluding hydrogens is 546 g/mol. The third kappa shape index (κ3) is 5.90. The summed E-state index contributed by atoms with van der Waals surface area (Å²) >= 11 is 0. The average molecular weight is 580 g/mol. The molecule has 1 saturated heterocycles. The highest BCUT2D eigenvalue weighted by molar-refractivity contribution is 6.46. The molecule has 0 aliphatic carbocycles. The van der Waals surface area contributed by atoms with Crippen molar-refractivity contribution in [3.8, 4) is 23.0 Å². The van der Waals surface area contributed by atoms with Gasteiger partial charge in [0.15, 0.2) is 11.5 Å². The number of amides is 1. The van der Waals surface area contributed by atoms with Gasteiger partial charge in [-0.3, -0.25) is 9.59 Å². The molecule has 1 N–H and O–H groups in total. The predicted octanol–water partition coefficient (Wildman–Crippen LogP) is 6.22. The van der Waals surface area contributed by atoms with Gasteiger partial charge in [-0.1, -0.05) is 54.6 Å². The molecule has 1 atom stereocenters. The highest BCUT2D eigenvalue weighted by Crippen LogP contribution is 2.43. The van der Waals surface area contributed by atoms with Crippen molar-refractivity contribution in [2.24, 2.45) is 0 Å². The number of aryl methyl sites for hydroxylation is 1. The standard InChI is InChI=1S/C35H33NO7/c1-22-18-25(15-16-27(22)43-21-23-10-6-5-7-11-23)33(37)31-32(24-14-17-29(41-3)30(19-24)42-4)36(35(39)34(31)38)20-26-12-8-9-13-28(26)40-2/h5-19,32,37H,20-21H2,1-4H3/b33-31-. The topological polar surface area (TPSA) is 94.5 Å². The van der Waals surface area contributed by atoms with Crippen molar-refractivity contribution in [2.75, 3.05) is 21.3 Å². The molecule has 5 rings (SSSR count). The smallest absolute Gasteiger partial charge is 0.295 e. The first-order valence-corrected chi connectivity index (χ1v) is 13.8. The minimum Gasteiger partial charge on any atom is -0.507 e. The molecule has 4 aromatic rings. The number of carbonyl (C=O) groups excluding carboxylic acids is 2. The van der Waals surface area contributed by atoms with Gasteiger partial charge in [-0.15, -0.1) is 0 Å². The van der Waals surface area contributed by atoms with Gasteiger partial charge in [0, 0.05) is 11.1 Å². The molecule has 8 heteroatoms. The zero-order valence-electron chi connectivity index (χ0n) is 24.5. The van der Waals surface area contributed by atoms with Crippen LogP contribution in [0.4, 0.5) is 0 Å². The number of hydrogen-bond donors (Lipinski definition) is 1. The first kappa shape index (κ1) is 29.3. The molecule has 0 spiro atoms. The molecular formula is C35H33NO7. The van der Waals surface area contributed by atoms with Crippen LogP contribution in [0.2, 0.25) is 0 Å². The van der Waals surface area contributed by atoms with Crippen LogP contribution in [-0.2, 0) is 22.7 Å². The highest BCUT2D eigenvalue weighted by atomic mass is 16.5. The largest absolute Gasteiger partial charge is 0.507 e. The molecule has 1 aliphatic rings. The Balaban J connectivity index is 1.57. The monoisotopic (exact) mass is 579 g/mol. The Labute approximate surface area is 250 Å². The van der Waals surface area contributed by atoms with Crippen molar-refractivity contribution in [1.29, 1.82) is 0 Å². The Morgan fingerprint density at radius 1 is 0.767 bits per heavy atom. The number of para-hydroxylation sites is 1. The van der Waals surface area contributed by atoms with Gasteiger partial charge in [0.05, 0.1) is 39.5 Å². The number of hydrogen-bond acceptors (Lipinski definition) is 7. The number of ether oxygens (including phenoxy) is 4. The van der Waals surface area contributed by atoms with E-state index in [1.807, 2.05) is 55.5 Å². The molecule has 1 heterocycles. The van der Waals surface area contributed by atoms with E-state index in [1.54, 1.807) is 49.6 Å². The minimum atomic E-state index is -0.904. The maximum Gasteiger partial charge on any atom is 0.295 e. The van der Waals surface area contributed by atoms with Gasteiger partial charge >= 0.3 is 0 Å². The van der Waals surface area contributed by atoms with E-state index >= 15 is 0 Å². The molecule has 1 amide bonds. The summed E-state index contributed by atoms with van der Waals surface area (Å²) in [6.45, 7) is 2.33. The number of carbonyl (C=O) groups is 2. The van der Waals surface area contributed by atoms with Crippen LogP contribution in [0.25, 0.3) is 5.76 Å². The van der Waals surface area contributed by atoms with E-state index in [9.17, 15) is 14.7 Å². The fraction of sp³-hybridized carbons (Fsp3) is 0.200. The number of rotatable bonds is 10. The van der Waals surface area contributed by atoms with E-state index in [0.29, 0.717) is 46.3 Å². The van der Waals surface area contributed by atoms with Crippen LogP contribution in [0.1, 0.15) is 33.9 Å². The maximum atomic E-state index is 13.6. The van der Waals surface area contributed by atoms with E-state index in [2.05, 4.69) is 0 Å². The molecule has 220 valence electrons. The molecule has 1 unspecified atom stereocenters. The van der Waals surface area contributed by atoms with E-state index in [-0.39, 0.29) is 17.9 Å². The van der Waals surface area contributed by atoms with Crippen molar-refractivity contribution in [3.05, 3.63) is 124 Å². The lowest BCUT2D eigenvalue weighted by molar-refractivity contribution is -0.140. The van der Waals surface area contributed by atoms with Crippen LogP contribution in [-0.4, -0.2) is 43.0 Å². The van der Waals surface area contributed by atoms with Gasteiger partial charge in [0.1, 0.15) is 23.9 Å². The zero-order chi connectivity index (χ0) is 30.5. The summed E-state index contributed by atoms with van der Waals surface area (Å²) in [6.07, 6.45) is 0. The van der Waals surface area contributed by atoms with Crippen LogP contribution in [0.3, 0.4) is 0 Å². The van der Waals surface area contributed by atoms with Gasteiger partial charge in [0.25, 0.3) is 11.7 Å². The first-order valence-electron chi connectivity index (χ1n) is 13.8. The normalized spacial score (nSPS) is 15.8. The first-order chi connectivity index (χ1) is 20.9. The molecule has 1 aliphatic heterocycles. The Morgan fingerprint density at radius 2 is 1.44 bits per heavy atom. The van der Waals surface area contributed by atoms with Crippen LogP contribution in [0.15, 0.2) is 96.6 Å². The Hall–Kier alpha value is -5.24. The number of methoxy groups -OCH3 is 3. The number of benzene rings is 4. The van der Waals surface area contributed by atoms with Gasteiger partial charge in [-0.25, -0.2) is 0 Å². The Bertz CT molecular complexity index is 1680. The molecule has 0 radical (unpaired) electrons. The quantitative estimate of drug-likeness (QED) is 0.135. The third-order valence-corrected chi connectivity index (χ3v) is 7.48. The lowest BCUT2D eigenvalue weighted by atomic mass is 9.94. The van der Waals surface area contributed by atoms with Crippen molar-refractivity contribution in [3.63, 3.8) is 0 Å². The third-order valence-electron chi connectivity index (χ3n) is 7.48. The summed E-state index contributed by atoms with van der Waals surface area (Å²) in [6, 6.07) is 26.6. The summed E-state index contributed by atoms with van der Waals surface area (Å²) in [5.41, 5.74) is 3.46. The summed E-state index contributed by atoms with van der Waals surface area (Å²) < 4.78 is 22.4. The van der Waals surface area contributed by atoms with Crippen LogP contribution >= 0.6 is 0 Å². The maximum absolute atomic E-state index is 13.6.